The third-order valence-electron chi connectivity index (χ3n) is 4.87. The van der Waals surface area contributed by atoms with Gasteiger partial charge in [0.05, 0.1) is 17.0 Å². The molecule has 0 fully saturated rings. The van der Waals surface area contributed by atoms with E-state index in [9.17, 15) is 9.59 Å². The zero-order valence-electron chi connectivity index (χ0n) is 16.7. The van der Waals surface area contributed by atoms with Crippen LogP contribution in [0.25, 0.3) is 0 Å². The van der Waals surface area contributed by atoms with E-state index in [1.165, 1.54) is 17.3 Å². The van der Waals surface area contributed by atoms with E-state index in [2.05, 4.69) is 41.0 Å². The second kappa shape index (κ2) is 9.39. The molecule has 1 aromatic carbocycles. The fraction of sp³-hybridized carbons (Fsp3) is 0.476. The number of carbonyl (C=O) groups is 1. The molecule has 0 aliphatic carbocycles. The van der Waals surface area contributed by atoms with Gasteiger partial charge in [-0.1, -0.05) is 44.7 Å². The Labute approximate surface area is 170 Å². The Morgan fingerprint density at radius 2 is 2.07 bits per heavy atom. The van der Waals surface area contributed by atoms with Gasteiger partial charge >= 0.3 is 0 Å². The molecule has 2 aromatic rings. The van der Waals surface area contributed by atoms with Crippen LogP contribution >= 0.6 is 11.8 Å². The van der Waals surface area contributed by atoms with E-state index in [0.29, 0.717) is 17.6 Å². The van der Waals surface area contributed by atoms with Crippen LogP contribution in [0.1, 0.15) is 49.9 Å². The number of rotatable bonds is 7. The van der Waals surface area contributed by atoms with Crippen LogP contribution < -0.4 is 10.9 Å². The van der Waals surface area contributed by atoms with Gasteiger partial charge in [0.15, 0.2) is 5.16 Å². The van der Waals surface area contributed by atoms with Crippen molar-refractivity contribution in [1.82, 2.24) is 14.9 Å². The number of carbonyl (C=O) groups excluding carboxylic acids is 1. The van der Waals surface area contributed by atoms with Gasteiger partial charge in [-0.15, -0.1) is 0 Å². The zero-order valence-corrected chi connectivity index (χ0v) is 17.6. The van der Waals surface area contributed by atoms with Gasteiger partial charge in [-0.3, -0.25) is 14.5 Å². The molecule has 1 aliphatic heterocycles. The highest BCUT2D eigenvalue weighted by Crippen LogP contribution is 2.20. The summed E-state index contributed by atoms with van der Waals surface area (Å²) in [5.74, 6) is 0.549. The molecule has 0 saturated carbocycles. The maximum absolute atomic E-state index is 12.4. The molecule has 1 aromatic heterocycles. The number of aromatic amines is 1. The lowest BCUT2D eigenvalue weighted by atomic mass is 10.0. The van der Waals surface area contributed by atoms with Crippen LogP contribution in [0.3, 0.4) is 0 Å². The van der Waals surface area contributed by atoms with E-state index in [4.69, 9.17) is 0 Å². The number of hydrogen-bond donors (Lipinski definition) is 2. The quantitative estimate of drug-likeness (QED) is 0.550. The second-order valence-corrected chi connectivity index (χ2v) is 8.40. The minimum atomic E-state index is -0.114. The molecule has 0 spiro atoms. The first-order valence-electron chi connectivity index (χ1n) is 9.83. The summed E-state index contributed by atoms with van der Waals surface area (Å²) in [7, 11) is 0. The molecule has 7 heteroatoms. The predicted octanol–water partition coefficient (Wildman–Crippen LogP) is 3.39. The SMILES string of the molecule is CCCN1CCc2nc(SCC(=O)Nc3ccc(C(C)C)cc3)[nH]c(=O)c2C1. The molecule has 150 valence electrons. The highest BCUT2D eigenvalue weighted by molar-refractivity contribution is 7.99. The van der Waals surface area contributed by atoms with Crippen LogP contribution in [0.15, 0.2) is 34.2 Å². The molecular formula is C21H28N4O2S. The molecule has 0 radical (unpaired) electrons. The number of nitrogens with zero attached hydrogens (tertiary/aromatic N) is 2. The minimum Gasteiger partial charge on any atom is -0.325 e. The number of hydrogen-bond acceptors (Lipinski definition) is 5. The van der Waals surface area contributed by atoms with Crippen LogP contribution in [-0.2, 0) is 17.8 Å². The summed E-state index contributed by atoms with van der Waals surface area (Å²) in [6, 6.07) is 7.88. The molecule has 0 atom stereocenters. The molecule has 2 N–H and O–H groups in total. The first-order chi connectivity index (χ1) is 13.5. The number of H-pyrrole nitrogens is 1. The third kappa shape index (κ3) is 5.23. The van der Waals surface area contributed by atoms with Crippen molar-refractivity contribution < 1.29 is 4.79 Å². The number of fused-ring (bicyclic) bond motifs is 1. The highest BCUT2D eigenvalue weighted by atomic mass is 32.2. The number of aromatic nitrogens is 2. The summed E-state index contributed by atoms with van der Waals surface area (Å²) >= 11 is 1.26. The van der Waals surface area contributed by atoms with Gasteiger partial charge in [0.25, 0.3) is 5.56 Å². The smallest absolute Gasteiger partial charge is 0.256 e. The van der Waals surface area contributed by atoms with Crippen LogP contribution in [-0.4, -0.2) is 39.6 Å². The Kier molecular flexibility index (Phi) is 6.91. The first-order valence-corrected chi connectivity index (χ1v) is 10.8. The topological polar surface area (TPSA) is 78.1 Å². The van der Waals surface area contributed by atoms with Gasteiger partial charge in [-0.05, 0) is 36.6 Å². The maximum atomic E-state index is 12.4. The lowest BCUT2D eigenvalue weighted by molar-refractivity contribution is -0.113. The van der Waals surface area contributed by atoms with Gasteiger partial charge < -0.3 is 10.3 Å². The molecule has 3 rings (SSSR count). The molecule has 28 heavy (non-hydrogen) atoms. The Hall–Kier alpha value is -2.12. The van der Waals surface area contributed by atoms with Crippen molar-refractivity contribution in [3.8, 4) is 0 Å². The van der Waals surface area contributed by atoms with E-state index in [0.717, 1.165) is 42.9 Å². The molecule has 6 nitrogen and oxygen atoms in total. The molecule has 1 amide bonds. The largest absolute Gasteiger partial charge is 0.325 e. The van der Waals surface area contributed by atoms with Crippen molar-refractivity contribution in [3.05, 3.63) is 51.4 Å². The second-order valence-electron chi connectivity index (χ2n) is 7.44. The fourth-order valence-corrected chi connectivity index (χ4v) is 4.00. The van der Waals surface area contributed by atoms with Gasteiger partial charge in [-0.25, -0.2) is 4.98 Å². The standard InChI is InChI=1S/C21H28N4O2S/c1-4-10-25-11-9-18-17(12-25)20(27)24-21(23-18)28-13-19(26)22-16-7-5-15(6-8-16)14(2)3/h5-8,14H,4,9-13H2,1-3H3,(H,22,26)(H,23,24,27). The highest BCUT2D eigenvalue weighted by Gasteiger charge is 2.20. The minimum absolute atomic E-state index is 0.0852. The number of thioether (sulfide) groups is 1. The van der Waals surface area contributed by atoms with E-state index in [1.807, 2.05) is 24.3 Å². The monoisotopic (exact) mass is 400 g/mol. The summed E-state index contributed by atoms with van der Waals surface area (Å²) in [6.07, 6.45) is 1.85. The molecule has 0 saturated heterocycles. The molecule has 0 unspecified atom stereocenters. The lowest BCUT2D eigenvalue weighted by Crippen LogP contribution is -2.36. The Bertz CT molecular complexity index is 877. The Balaban J connectivity index is 1.58. The van der Waals surface area contributed by atoms with Crippen molar-refractivity contribution in [3.63, 3.8) is 0 Å². The van der Waals surface area contributed by atoms with Crippen LogP contribution in [0.4, 0.5) is 5.69 Å². The van der Waals surface area contributed by atoms with Gasteiger partial charge in [0.2, 0.25) is 5.91 Å². The Morgan fingerprint density at radius 3 is 2.75 bits per heavy atom. The molecular weight excluding hydrogens is 372 g/mol. The van der Waals surface area contributed by atoms with Gasteiger partial charge in [0.1, 0.15) is 0 Å². The third-order valence-corrected chi connectivity index (χ3v) is 5.74. The van der Waals surface area contributed by atoms with Crippen molar-refractivity contribution in [1.29, 1.82) is 0 Å². The molecule has 1 aliphatic rings. The number of amides is 1. The fourth-order valence-electron chi connectivity index (χ4n) is 3.32. The van der Waals surface area contributed by atoms with Crippen LogP contribution in [0.2, 0.25) is 0 Å². The number of anilines is 1. The first kappa shape index (κ1) is 20.6. The van der Waals surface area contributed by atoms with E-state index >= 15 is 0 Å². The number of nitrogens with one attached hydrogen (secondary N) is 2. The summed E-state index contributed by atoms with van der Waals surface area (Å²) in [5, 5.41) is 3.40. The van der Waals surface area contributed by atoms with Gasteiger partial charge in [-0.2, -0.15) is 0 Å². The van der Waals surface area contributed by atoms with Crippen molar-refractivity contribution in [2.24, 2.45) is 0 Å². The van der Waals surface area contributed by atoms with Crippen molar-refractivity contribution >= 4 is 23.4 Å². The van der Waals surface area contributed by atoms with Crippen molar-refractivity contribution in [2.75, 3.05) is 24.2 Å². The zero-order chi connectivity index (χ0) is 20.1. The average molecular weight is 401 g/mol. The normalized spacial score (nSPS) is 14.1. The summed E-state index contributed by atoms with van der Waals surface area (Å²) in [6.45, 7) is 8.99. The van der Waals surface area contributed by atoms with Crippen molar-refractivity contribution in [2.45, 2.75) is 51.2 Å². The number of benzene rings is 1. The molecule has 0 bridgehead atoms. The maximum Gasteiger partial charge on any atom is 0.256 e. The predicted molar refractivity (Wildman–Crippen MR) is 114 cm³/mol. The van der Waals surface area contributed by atoms with E-state index < -0.39 is 0 Å². The lowest BCUT2D eigenvalue weighted by Gasteiger charge is -2.27. The average Bonchev–Trinajstić information content (AvgIpc) is 2.67. The van der Waals surface area contributed by atoms with Gasteiger partial charge in [0, 0.05) is 25.2 Å². The summed E-state index contributed by atoms with van der Waals surface area (Å²) in [5.41, 5.74) is 3.55. The van der Waals surface area contributed by atoms with Crippen LogP contribution in [0, 0.1) is 0 Å². The summed E-state index contributed by atoms with van der Waals surface area (Å²) < 4.78 is 0. The van der Waals surface area contributed by atoms with E-state index in [-0.39, 0.29) is 17.2 Å². The Morgan fingerprint density at radius 1 is 1.32 bits per heavy atom. The van der Waals surface area contributed by atoms with Crippen LogP contribution in [0.5, 0.6) is 0 Å². The molecule has 2 heterocycles. The summed E-state index contributed by atoms with van der Waals surface area (Å²) in [4.78, 5) is 34.3. The van der Waals surface area contributed by atoms with E-state index in [1.54, 1.807) is 0 Å².